The van der Waals surface area contributed by atoms with Gasteiger partial charge in [-0.05, 0) is 25.5 Å². The molecule has 2 aromatic carbocycles. The lowest BCUT2D eigenvalue weighted by Gasteiger charge is -2.13. The zero-order chi connectivity index (χ0) is 13.9. The summed E-state index contributed by atoms with van der Waals surface area (Å²) in [5.41, 5.74) is 5.84. The monoisotopic (exact) mass is 259 g/mol. The fraction of sp³-hybridized carbons (Fsp3) is 0.105. The number of fused-ring (bicyclic) bond motifs is 1. The van der Waals surface area contributed by atoms with E-state index in [-0.39, 0.29) is 0 Å². The van der Waals surface area contributed by atoms with Gasteiger partial charge >= 0.3 is 0 Å². The largest absolute Gasteiger partial charge is 0.252 e. The van der Waals surface area contributed by atoms with Crippen LogP contribution in [0, 0.1) is 6.92 Å². The van der Waals surface area contributed by atoms with Gasteiger partial charge in [-0.3, -0.25) is 4.98 Å². The highest BCUT2D eigenvalue weighted by molar-refractivity contribution is 5.99. The molecule has 0 saturated heterocycles. The van der Waals surface area contributed by atoms with Crippen molar-refractivity contribution in [3.05, 3.63) is 71.9 Å². The molecule has 3 aromatic rings. The van der Waals surface area contributed by atoms with Gasteiger partial charge in [0.1, 0.15) is 0 Å². The first-order chi connectivity index (χ1) is 9.81. The molecule has 0 spiro atoms. The number of nitrogens with zero attached hydrogens (tertiary/aromatic N) is 1. The van der Waals surface area contributed by atoms with E-state index in [1.807, 2.05) is 13.0 Å². The summed E-state index contributed by atoms with van der Waals surface area (Å²) in [6, 6.07) is 18.9. The molecule has 0 aliphatic rings. The lowest BCUT2D eigenvalue weighted by Crippen LogP contribution is -1.94. The van der Waals surface area contributed by atoms with E-state index in [9.17, 15) is 0 Å². The predicted octanol–water partition coefficient (Wildman–Crippen LogP) is 5.24. The number of aromatic nitrogens is 1. The third-order valence-electron chi connectivity index (χ3n) is 3.52. The second kappa shape index (κ2) is 5.30. The summed E-state index contributed by atoms with van der Waals surface area (Å²) >= 11 is 0. The minimum absolute atomic E-state index is 1.05. The Labute approximate surface area is 119 Å². The third kappa shape index (κ3) is 2.12. The van der Waals surface area contributed by atoms with Crippen LogP contribution in [-0.2, 0) is 0 Å². The summed E-state index contributed by atoms with van der Waals surface area (Å²) < 4.78 is 0. The number of rotatable bonds is 2. The van der Waals surface area contributed by atoms with Crippen LogP contribution in [0.15, 0.2) is 60.7 Å². The van der Waals surface area contributed by atoms with Gasteiger partial charge in [-0.2, -0.15) is 0 Å². The first kappa shape index (κ1) is 12.6. The van der Waals surface area contributed by atoms with E-state index in [2.05, 4.69) is 67.6 Å². The van der Waals surface area contributed by atoms with E-state index in [4.69, 9.17) is 4.98 Å². The van der Waals surface area contributed by atoms with E-state index < -0.39 is 0 Å². The average Bonchev–Trinajstić information content (AvgIpc) is 2.49. The molecule has 0 radical (unpaired) electrons. The zero-order valence-corrected chi connectivity index (χ0v) is 11.8. The molecule has 3 rings (SSSR count). The SMILES string of the molecule is C/C=C\c1c(C)nc2ccccc2c1-c1ccccc1. The van der Waals surface area contributed by atoms with Crippen molar-refractivity contribution in [3.8, 4) is 11.1 Å². The Bertz CT molecular complexity index is 770. The number of pyridine rings is 1. The average molecular weight is 259 g/mol. The fourth-order valence-corrected chi connectivity index (χ4v) is 2.64. The van der Waals surface area contributed by atoms with Crippen molar-refractivity contribution >= 4 is 17.0 Å². The predicted molar refractivity (Wildman–Crippen MR) is 86.6 cm³/mol. The van der Waals surface area contributed by atoms with Gasteiger partial charge in [-0.1, -0.05) is 60.7 Å². The lowest BCUT2D eigenvalue weighted by molar-refractivity contribution is 1.24. The van der Waals surface area contributed by atoms with Crippen LogP contribution in [0.3, 0.4) is 0 Å². The molecule has 1 heterocycles. The maximum absolute atomic E-state index is 4.73. The van der Waals surface area contributed by atoms with Crippen LogP contribution >= 0.6 is 0 Å². The fourth-order valence-electron chi connectivity index (χ4n) is 2.64. The van der Waals surface area contributed by atoms with Crippen molar-refractivity contribution in [1.29, 1.82) is 0 Å². The number of allylic oxidation sites excluding steroid dienone is 1. The molecular weight excluding hydrogens is 242 g/mol. The Balaban J connectivity index is 2.45. The molecular formula is C19H17N. The maximum Gasteiger partial charge on any atom is 0.0711 e. The molecule has 98 valence electrons. The second-order valence-electron chi connectivity index (χ2n) is 4.87. The summed E-state index contributed by atoms with van der Waals surface area (Å²) in [4.78, 5) is 4.73. The molecule has 1 heteroatoms. The van der Waals surface area contributed by atoms with Gasteiger partial charge < -0.3 is 0 Å². The van der Waals surface area contributed by atoms with Gasteiger partial charge in [0.2, 0.25) is 0 Å². The molecule has 0 unspecified atom stereocenters. The smallest absolute Gasteiger partial charge is 0.0711 e. The number of hydrogen-bond acceptors (Lipinski definition) is 1. The van der Waals surface area contributed by atoms with Crippen molar-refractivity contribution < 1.29 is 0 Å². The van der Waals surface area contributed by atoms with Gasteiger partial charge in [0, 0.05) is 22.2 Å². The van der Waals surface area contributed by atoms with Crippen LogP contribution in [-0.4, -0.2) is 4.98 Å². The molecule has 0 amide bonds. The van der Waals surface area contributed by atoms with Crippen molar-refractivity contribution in [2.45, 2.75) is 13.8 Å². The van der Waals surface area contributed by atoms with Gasteiger partial charge in [0.15, 0.2) is 0 Å². The highest BCUT2D eigenvalue weighted by Gasteiger charge is 2.11. The molecule has 0 bridgehead atoms. The number of benzene rings is 2. The summed E-state index contributed by atoms with van der Waals surface area (Å²) in [6.07, 6.45) is 4.22. The Kier molecular flexibility index (Phi) is 3.34. The second-order valence-corrected chi connectivity index (χ2v) is 4.87. The zero-order valence-electron chi connectivity index (χ0n) is 11.8. The van der Waals surface area contributed by atoms with Crippen LogP contribution < -0.4 is 0 Å². The van der Waals surface area contributed by atoms with E-state index in [1.165, 1.54) is 22.1 Å². The van der Waals surface area contributed by atoms with Crippen LogP contribution in [0.5, 0.6) is 0 Å². The van der Waals surface area contributed by atoms with E-state index >= 15 is 0 Å². The highest BCUT2D eigenvalue weighted by atomic mass is 14.7. The van der Waals surface area contributed by atoms with Gasteiger partial charge in [-0.15, -0.1) is 0 Å². The number of aryl methyl sites for hydroxylation is 1. The summed E-state index contributed by atoms with van der Waals surface area (Å²) in [5.74, 6) is 0. The Morgan fingerprint density at radius 1 is 0.900 bits per heavy atom. The van der Waals surface area contributed by atoms with E-state index in [1.54, 1.807) is 0 Å². The Morgan fingerprint density at radius 3 is 2.35 bits per heavy atom. The quantitative estimate of drug-likeness (QED) is 0.613. The van der Waals surface area contributed by atoms with Crippen molar-refractivity contribution in [1.82, 2.24) is 4.98 Å². The van der Waals surface area contributed by atoms with Crippen LogP contribution in [0.1, 0.15) is 18.2 Å². The van der Waals surface area contributed by atoms with Gasteiger partial charge in [-0.25, -0.2) is 0 Å². The highest BCUT2D eigenvalue weighted by Crippen LogP contribution is 2.33. The summed E-state index contributed by atoms with van der Waals surface area (Å²) in [7, 11) is 0. The third-order valence-corrected chi connectivity index (χ3v) is 3.52. The van der Waals surface area contributed by atoms with Crippen LogP contribution in [0.25, 0.3) is 28.1 Å². The minimum Gasteiger partial charge on any atom is -0.252 e. The van der Waals surface area contributed by atoms with Gasteiger partial charge in [0.25, 0.3) is 0 Å². The van der Waals surface area contributed by atoms with E-state index in [0.29, 0.717) is 0 Å². The van der Waals surface area contributed by atoms with E-state index in [0.717, 1.165) is 11.2 Å². The molecule has 0 aliphatic carbocycles. The van der Waals surface area contributed by atoms with Crippen molar-refractivity contribution in [2.75, 3.05) is 0 Å². The summed E-state index contributed by atoms with van der Waals surface area (Å²) in [5, 5.41) is 1.21. The lowest BCUT2D eigenvalue weighted by atomic mass is 9.94. The molecule has 0 atom stereocenters. The van der Waals surface area contributed by atoms with Crippen molar-refractivity contribution in [2.24, 2.45) is 0 Å². The molecule has 20 heavy (non-hydrogen) atoms. The molecule has 1 nitrogen and oxygen atoms in total. The topological polar surface area (TPSA) is 12.9 Å². The Hall–Kier alpha value is -2.41. The molecule has 0 aliphatic heterocycles. The Morgan fingerprint density at radius 2 is 1.60 bits per heavy atom. The number of para-hydroxylation sites is 1. The number of hydrogen-bond donors (Lipinski definition) is 0. The normalized spacial score (nSPS) is 11.3. The first-order valence-electron chi connectivity index (χ1n) is 6.88. The van der Waals surface area contributed by atoms with Crippen LogP contribution in [0.4, 0.5) is 0 Å². The maximum atomic E-state index is 4.73. The molecule has 0 saturated carbocycles. The minimum atomic E-state index is 1.05. The molecule has 0 fully saturated rings. The standard InChI is InChI=1S/C19H17N/c1-3-9-16-14(2)20-18-13-8-7-12-17(18)19(16)15-10-5-4-6-11-15/h3-13H,1-2H3/b9-3-. The summed E-state index contributed by atoms with van der Waals surface area (Å²) in [6.45, 7) is 4.12. The van der Waals surface area contributed by atoms with Gasteiger partial charge in [0.05, 0.1) is 5.52 Å². The van der Waals surface area contributed by atoms with Crippen LogP contribution in [0.2, 0.25) is 0 Å². The molecule has 0 N–H and O–H groups in total. The molecule has 1 aromatic heterocycles. The van der Waals surface area contributed by atoms with Crippen molar-refractivity contribution in [3.63, 3.8) is 0 Å². The first-order valence-corrected chi connectivity index (χ1v) is 6.88.